The summed E-state index contributed by atoms with van der Waals surface area (Å²) in [6.07, 6.45) is 1.97. The number of hydrogen-bond donors (Lipinski definition) is 1. The highest BCUT2D eigenvalue weighted by Crippen LogP contribution is 2.38. The summed E-state index contributed by atoms with van der Waals surface area (Å²) in [7, 11) is 3.21. The van der Waals surface area contributed by atoms with Crippen molar-refractivity contribution in [2.75, 3.05) is 20.5 Å². The lowest BCUT2D eigenvalue weighted by atomic mass is 10.1. The van der Waals surface area contributed by atoms with Crippen LogP contribution in [0.3, 0.4) is 0 Å². The molecule has 0 amide bonds. The largest absolute Gasteiger partial charge is 0.496 e. The fourth-order valence-corrected chi connectivity index (χ4v) is 2.22. The molecule has 0 spiro atoms. The molecule has 102 valence electrons. The van der Waals surface area contributed by atoms with Gasteiger partial charge in [0.1, 0.15) is 11.5 Å². The van der Waals surface area contributed by atoms with Crippen LogP contribution in [0.4, 0.5) is 0 Å². The molecule has 0 bridgehead atoms. The van der Waals surface area contributed by atoms with E-state index in [0.717, 1.165) is 10.6 Å². The number of thioether (sulfide) groups is 1. The lowest BCUT2D eigenvalue weighted by Crippen LogP contribution is -1.96. The van der Waals surface area contributed by atoms with Crippen molar-refractivity contribution >= 4 is 11.8 Å². The summed E-state index contributed by atoms with van der Waals surface area (Å²) in [6, 6.07) is 3.72. The molecule has 0 atom stereocenters. The Hall–Kier alpha value is -1.73. The van der Waals surface area contributed by atoms with Crippen LogP contribution in [0.2, 0.25) is 0 Å². The molecular formula is C12H15N3O3S. The third kappa shape index (κ3) is 2.66. The molecule has 19 heavy (non-hydrogen) atoms. The van der Waals surface area contributed by atoms with E-state index in [9.17, 15) is 0 Å². The van der Waals surface area contributed by atoms with Crippen LogP contribution in [0.5, 0.6) is 11.5 Å². The zero-order chi connectivity index (χ0) is 13.8. The number of ether oxygens (including phenoxy) is 2. The van der Waals surface area contributed by atoms with Crippen molar-refractivity contribution in [3.63, 3.8) is 0 Å². The van der Waals surface area contributed by atoms with Gasteiger partial charge in [0, 0.05) is 0 Å². The predicted molar refractivity (Wildman–Crippen MR) is 72.5 cm³/mol. The highest BCUT2D eigenvalue weighted by Gasteiger charge is 2.16. The van der Waals surface area contributed by atoms with E-state index in [2.05, 4.69) is 10.1 Å². The number of rotatable bonds is 5. The van der Waals surface area contributed by atoms with Crippen molar-refractivity contribution in [1.29, 1.82) is 0 Å². The lowest BCUT2D eigenvalue weighted by molar-refractivity contribution is 0.379. The molecule has 2 rings (SSSR count). The second-order valence-electron chi connectivity index (χ2n) is 3.62. The van der Waals surface area contributed by atoms with Gasteiger partial charge >= 0.3 is 0 Å². The Labute approximate surface area is 115 Å². The zero-order valence-electron chi connectivity index (χ0n) is 11.0. The standard InChI is InChI=1S/C12H15N3O3S/c1-16-8-5-10(19-3)9(17-2)4-7(8)12-14-11(6-13)18-15-12/h4-5H,6,13H2,1-3H3. The Bertz CT molecular complexity index is 571. The Balaban J connectivity index is 2.54. The third-order valence-electron chi connectivity index (χ3n) is 2.59. The average molecular weight is 281 g/mol. The molecule has 0 saturated heterocycles. The fraction of sp³-hybridized carbons (Fsp3) is 0.333. The average Bonchev–Trinajstić information content (AvgIpc) is 2.94. The molecule has 6 nitrogen and oxygen atoms in total. The normalized spacial score (nSPS) is 10.5. The summed E-state index contributed by atoms with van der Waals surface area (Å²) in [6.45, 7) is 0.204. The van der Waals surface area contributed by atoms with Crippen LogP contribution in [-0.4, -0.2) is 30.6 Å². The van der Waals surface area contributed by atoms with Crippen molar-refractivity contribution in [3.05, 3.63) is 18.0 Å². The fourth-order valence-electron chi connectivity index (χ4n) is 1.65. The Morgan fingerprint density at radius 1 is 1.26 bits per heavy atom. The summed E-state index contributed by atoms with van der Waals surface area (Å²) in [5.41, 5.74) is 6.17. The van der Waals surface area contributed by atoms with E-state index in [4.69, 9.17) is 19.7 Å². The van der Waals surface area contributed by atoms with E-state index in [-0.39, 0.29) is 6.54 Å². The van der Waals surface area contributed by atoms with E-state index < -0.39 is 0 Å². The molecule has 1 aromatic heterocycles. The van der Waals surface area contributed by atoms with Crippen molar-refractivity contribution in [2.24, 2.45) is 5.73 Å². The van der Waals surface area contributed by atoms with Gasteiger partial charge in [-0.3, -0.25) is 0 Å². The molecule has 0 unspecified atom stereocenters. The SMILES string of the molecule is COc1cc(-c2noc(CN)n2)c(OC)cc1SC. The summed E-state index contributed by atoms with van der Waals surface area (Å²) in [5.74, 6) is 2.21. The number of nitrogens with two attached hydrogens (primary N) is 1. The maximum absolute atomic E-state index is 5.46. The first-order chi connectivity index (χ1) is 9.23. The quantitative estimate of drug-likeness (QED) is 0.838. The van der Waals surface area contributed by atoms with Crippen LogP contribution in [0.25, 0.3) is 11.4 Å². The van der Waals surface area contributed by atoms with Crippen molar-refractivity contribution in [1.82, 2.24) is 10.1 Å². The predicted octanol–water partition coefficient (Wildman–Crippen LogP) is 1.93. The molecule has 2 N–H and O–H groups in total. The number of nitrogens with zero attached hydrogens (tertiary/aromatic N) is 2. The summed E-state index contributed by atoms with van der Waals surface area (Å²) >= 11 is 1.57. The van der Waals surface area contributed by atoms with Crippen LogP contribution in [0, 0.1) is 0 Å². The second-order valence-corrected chi connectivity index (χ2v) is 4.47. The summed E-state index contributed by atoms with van der Waals surface area (Å²) < 4.78 is 15.7. The highest BCUT2D eigenvalue weighted by molar-refractivity contribution is 7.98. The van der Waals surface area contributed by atoms with Crippen LogP contribution >= 0.6 is 11.8 Å². The van der Waals surface area contributed by atoms with Crippen LogP contribution in [-0.2, 0) is 6.54 Å². The maximum Gasteiger partial charge on any atom is 0.240 e. The van der Waals surface area contributed by atoms with Gasteiger partial charge in [0.05, 0.1) is 31.2 Å². The number of aromatic nitrogens is 2. The van der Waals surface area contributed by atoms with Gasteiger partial charge in [-0.15, -0.1) is 11.8 Å². The minimum Gasteiger partial charge on any atom is -0.496 e. The summed E-state index contributed by atoms with van der Waals surface area (Å²) in [4.78, 5) is 5.17. The molecular weight excluding hydrogens is 266 g/mol. The first kappa shape index (κ1) is 13.7. The van der Waals surface area contributed by atoms with Crippen LogP contribution in [0.15, 0.2) is 21.6 Å². The molecule has 0 aliphatic rings. The van der Waals surface area contributed by atoms with Crippen molar-refractivity contribution < 1.29 is 14.0 Å². The molecule has 0 radical (unpaired) electrons. The topological polar surface area (TPSA) is 83.4 Å². The lowest BCUT2D eigenvalue weighted by Gasteiger charge is -2.11. The minimum atomic E-state index is 0.204. The molecule has 2 aromatic rings. The Kier molecular flexibility index (Phi) is 4.28. The van der Waals surface area contributed by atoms with Crippen molar-refractivity contribution in [2.45, 2.75) is 11.4 Å². The minimum absolute atomic E-state index is 0.204. The number of benzene rings is 1. The van der Waals surface area contributed by atoms with Gasteiger partial charge < -0.3 is 19.7 Å². The molecule has 1 heterocycles. The monoisotopic (exact) mass is 281 g/mol. The van der Waals surface area contributed by atoms with Gasteiger partial charge in [-0.1, -0.05) is 5.16 Å². The van der Waals surface area contributed by atoms with E-state index in [1.807, 2.05) is 18.4 Å². The molecule has 7 heteroatoms. The highest BCUT2D eigenvalue weighted by atomic mass is 32.2. The molecule has 0 aliphatic heterocycles. The van der Waals surface area contributed by atoms with Gasteiger partial charge in [0.2, 0.25) is 11.7 Å². The van der Waals surface area contributed by atoms with Crippen molar-refractivity contribution in [3.8, 4) is 22.9 Å². The smallest absolute Gasteiger partial charge is 0.240 e. The van der Waals surface area contributed by atoms with E-state index in [0.29, 0.717) is 23.0 Å². The molecule has 0 aliphatic carbocycles. The van der Waals surface area contributed by atoms with Gasteiger partial charge in [-0.2, -0.15) is 4.98 Å². The van der Waals surface area contributed by atoms with E-state index in [1.165, 1.54) is 0 Å². The van der Waals surface area contributed by atoms with Gasteiger partial charge in [0.25, 0.3) is 0 Å². The number of methoxy groups -OCH3 is 2. The second kappa shape index (κ2) is 5.94. The van der Waals surface area contributed by atoms with Gasteiger partial charge in [-0.25, -0.2) is 0 Å². The molecule has 1 aromatic carbocycles. The zero-order valence-corrected chi connectivity index (χ0v) is 11.8. The van der Waals surface area contributed by atoms with Gasteiger partial charge in [0.15, 0.2) is 0 Å². The molecule has 0 fully saturated rings. The number of hydrogen-bond acceptors (Lipinski definition) is 7. The van der Waals surface area contributed by atoms with Crippen LogP contribution in [0.1, 0.15) is 5.89 Å². The third-order valence-corrected chi connectivity index (χ3v) is 3.35. The summed E-state index contributed by atoms with van der Waals surface area (Å²) in [5, 5.41) is 3.89. The maximum atomic E-state index is 5.46. The first-order valence-electron chi connectivity index (χ1n) is 5.56. The molecule has 0 saturated carbocycles. The Morgan fingerprint density at radius 2 is 2.00 bits per heavy atom. The van der Waals surface area contributed by atoms with E-state index in [1.54, 1.807) is 26.0 Å². The van der Waals surface area contributed by atoms with E-state index >= 15 is 0 Å². The van der Waals surface area contributed by atoms with Gasteiger partial charge in [-0.05, 0) is 18.4 Å². The first-order valence-corrected chi connectivity index (χ1v) is 6.79. The van der Waals surface area contributed by atoms with Crippen LogP contribution < -0.4 is 15.2 Å². The Morgan fingerprint density at radius 3 is 2.53 bits per heavy atom.